The highest BCUT2D eigenvalue weighted by Crippen LogP contribution is 2.26. The minimum atomic E-state index is -3.87. The smallest absolute Gasteiger partial charge is 0.410 e. The first-order valence-corrected chi connectivity index (χ1v) is 13.1. The van der Waals surface area contributed by atoms with E-state index in [2.05, 4.69) is 5.32 Å². The lowest BCUT2D eigenvalue weighted by Gasteiger charge is -2.41. The minimum Gasteiger partial charge on any atom is -0.444 e. The monoisotopic (exact) mass is 520 g/mol. The van der Waals surface area contributed by atoms with Crippen LogP contribution in [0.25, 0.3) is 0 Å². The second-order valence-corrected chi connectivity index (χ2v) is 11.5. The predicted octanol–water partition coefficient (Wildman–Crippen LogP) is 3.40. The highest BCUT2D eigenvalue weighted by Gasteiger charge is 2.35. The number of anilines is 1. The van der Waals surface area contributed by atoms with Gasteiger partial charge in [-0.3, -0.25) is 4.79 Å². The number of piperazine rings is 1. The largest absolute Gasteiger partial charge is 0.444 e. The summed E-state index contributed by atoms with van der Waals surface area (Å²) in [6.07, 6.45) is -0.438. The summed E-state index contributed by atoms with van der Waals surface area (Å²) >= 11 is 0. The van der Waals surface area contributed by atoms with Gasteiger partial charge in [0, 0.05) is 31.4 Å². The maximum absolute atomic E-state index is 14.4. The zero-order valence-corrected chi connectivity index (χ0v) is 21.9. The Balaban J connectivity index is 1.84. The van der Waals surface area contributed by atoms with Crippen molar-refractivity contribution in [3.63, 3.8) is 0 Å². The lowest BCUT2D eigenvalue weighted by atomic mass is 10.0. The van der Waals surface area contributed by atoms with Gasteiger partial charge in [0.05, 0.1) is 4.90 Å². The average Bonchev–Trinajstić information content (AvgIpc) is 2.77. The maximum atomic E-state index is 14.4. The molecule has 2 atom stereocenters. The van der Waals surface area contributed by atoms with Crippen LogP contribution in [0.1, 0.15) is 44.9 Å². The van der Waals surface area contributed by atoms with Crippen LogP contribution in [0.2, 0.25) is 0 Å². The van der Waals surface area contributed by atoms with Crippen molar-refractivity contribution in [2.24, 2.45) is 5.14 Å². The molecule has 2 aromatic carbocycles. The van der Waals surface area contributed by atoms with Crippen molar-refractivity contribution in [3.05, 3.63) is 59.4 Å². The molecule has 1 saturated heterocycles. The normalized spacial score (nSPS) is 17.5. The van der Waals surface area contributed by atoms with E-state index in [1.54, 1.807) is 49.6 Å². The van der Waals surface area contributed by atoms with Gasteiger partial charge in [-0.25, -0.2) is 22.7 Å². The molecule has 1 aliphatic heterocycles. The van der Waals surface area contributed by atoms with Crippen LogP contribution in [0, 0.1) is 12.7 Å². The van der Waals surface area contributed by atoms with Gasteiger partial charge in [-0.05, 0) is 76.1 Å². The van der Waals surface area contributed by atoms with Crippen LogP contribution in [0.4, 0.5) is 14.9 Å². The molecule has 1 fully saturated rings. The summed E-state index contributed by atoms with van der Waals surface area (Å²) in [5.41, 5.74) is 0.692. The fourth-order valence-corrected chi connectivity index (χ4v) is 4.43. The van der Waals surface area contributed by atoms with E-state index >= 15 is 0 Å². The SMILES string of the molecule is Cc1ccc(C(Nc2ccc(S(N)(=O)=O)cc2)C(=O)N2CCN(C(=O)OC(C)(C)C)[C@H](C)C2)cc1F. The molecule has 1 heterocycles. The molecular formula is C25H33FN4O5S. The summed E-state index contributed by atoms with van der Waals surface area (Å²) in [7, 11) is -3.87. The molecular weight excluding hydrogens is 487 g/mol. The molecule has 0 spiro atoms. The molecule has 0 aliphatic carbocycles. The van der Waals surface area contributed by atoms with E-state index in [-0.39, 0.29) is 29.9 Å². The molecule has 196 valence electrons. The van der Waals surface area contributed by atoms with Crippen molar-refractivity contribution in [3.8, 4) is 0 Å². The summed E-state index contributed by atoms with van der Waals surface area (Å²) in [6, 6.07) is 8.99. The molecule has 0 saturated carbocycles. The van der Waals surface area contributed by atoms with Gasteiger partial charge in [0.25, 0.3) is 0 Å². The summed E-state index contributed by atoms with van der Waals surface area (Å²) in [6.45, 7) is 9.69. The van der Waals surface area contributed by atoms with Crippen LogP contribution in [-0.4, -0.2) is 61.5 Å². The number of ether oxygens (including phenoxy) is 1. The van der Waals surface area contributed by atoms with Gasteiger partial charge in [-0.2, -0.15) is 0 Å². The van der Waals surface area contributed by atoms with E-state index in [9.17, 15) is 22.4 Å². The number of nitrogens with zero attached hydrogens (tertiary/aromatic N) is 2. The molecule has 1 unspecified atom stereocenters. The van der Waals surface area contributed by atoms with Gasteiger partial charge in [-0.15, -0.1) is 0 Å². The van der Waals surface area contributed by atoms with Gasteiger partial charge in [0.15, 0.2) is 0 Å². The molecule has 11 heteroatoms. The Hall–Kier alpha value is -3.18. The van der Waals surface area contributed by atoms with Gasteiger partial charge in [0.2, 0.25) is 15.9 Å². The maximum Gasteiger partial charge on any atom is 0.410 e. The van der Waals surface area contributed by atoms with E-state index in [0.717, 1.165) is 0 Å². The van der Waals surface area contributed by atoms with Crippen LogP contribution in [0.3, 0.4) is 0 Å². The van der Waals surface area contributed by atoms with E-state index in [0.29, 0.717) is 23.4 Å². The molecule has 0 radical (unpaired) electrons. The number of amides is 2. The first kappa shape index (κ1) is 27.4. The number of primary sulfonamides is 1. The lowest BCUT2D eigenvalue weighted by Crippen LogP contribution is -2.57. The number of aryl methyl sites for hydroxylation is 1. The van der Waals surface area contributed by atoms with E-state index < -0.39 is 33.6 Å². The van der Waals surface area contributed by atoms with E-state index in [1.807, 2.05) is 6.92 Å². The second kappa shape index (κ2) is 10.4. The van der Waals surface area contributed by atoms with Crippen LogP contribution < -0.4 is 10.5 Å². The summed E-state index contributed by atoms with van der Waals surface area (Å²) in [5.74, 6) is -0.746. The first-order valence-electron chi connectivity index (χ1n) is 11.6. The molecule has 1 aliphatic rings. The fraction of sp³-hybridized carbons (Fsp3) is 0.440. The number of nitrogens with two attached hydrogens (primary N) is 1. The highest BCUT2D eigenvalue weighted by atomic mass is 32.2. The van der Waals surface area contributed by atoms with Crippen LogP contribution in [-0.2, 0) is 19.6 Å². The fourth-order valence-electron chi connectivity index (χ4n) is 3.92. The third-order valence-corrected chi connectivity index (χ3v) is 6.77. The van der Waals surface area contributed by atoms with Crippen molar-refractivity contribution in [2.45, 2.75) is 57.2 Å². The standard InChI is InChI=1S/C25H33FN4O5S/c1-16-6-7-18(14-21(16)26)22(28-19-8-10-20(11-9-19)36(27,33)34)23(31)29-12-13-30(17(2)15-29)24(32)35-25(3,4)5/h6-11,14,17,22,28H,12-13,15H2,1-5H3,(H2,27,33,34)/t17-,22?/m1/s1. The summed E-state index contributed by atoms with van der Waals surface area (Å²) < 4.78 is 43.0. The number of rotatable bonds is 5. The number of nitrogens with one attached hydrogen (secondary N) is 1. The summed E-state index contributed by atoms with van der Waals surface area (Å²) in [4.78, 5) is 29.4. The first-order chi connectivity index (χ1) is 16.7. The molecule has 3 rings (SSSR count). The molecule has 36 heavy (non-hydrogen) atoms. The van der Waals surface area contributed by atoms with Gasteiger partial charge in [0.1, 0.15) is 17.5 Å². The zero-order valence-electron chi connectivity index (χ0n) is 21.1. The molecule has 0 bridgehead atoms. The van der Waals surface area contributed by atoms with Crippen molar-refractivity contribution >= 4 is 27.7 Å². The third-order valence-electron chi connectivity index (χ3n) is 5.84. The van der Waals surface area contributed by atoms with Gasteiger partial charge >= 0.3 is 6.09 Å². The second-order valence-electron chi connectivity index (χ2n) is 9.96. The quantitative estimate of drug-likeness (QED) is 0.623. The van der Waals surface area contributed by atoms with Gasteiger partial charge < -0.3 is 19.9 Å². The number of hydrogen-bond donors (Lipinski definition) is 2. The lowest BCUT2D eigenvalue weighted by molar-refractivity contribution is -0.135. The number of sulfonamides is 1. The summed E-state index contributed by atoms with van der Waals surface area (Å²) in [5, 5.41) is 8.27. The Morgan fingerprint density at radius 3 is 2.31 bits per heavy atom. The number of hydrogen-bond acceptors (Lipinski definition) is 6. The number of halogens is 1. The Kier molecular flexibility index (Phi) is 7.94. The highest BCUT2D eigenvalue weighted by molar-refractivity contribution is 7.89. The molecule has 0 aromatic heterocycles. The number of carbonyl (C=O) groups excluding carboxylic acids is 2. The zero-order chi connectivity index (χ0) is 26.8. The average molecular weight is 521 g/mol. The van der Waals surface area contributed by atoms with Crippen LogP contribution in [0.5, 0.6) is 0 Å². The minimum absolute atomic E-state index is 0.0654. The molecule has 3 N–H and O–H groups in total. The Bertz CT molecular complexity index is 1230. The van der Waals surface area contributed by atoms with Crippen molar-refractivity contribution in [2.75, 3.05) is 25.0 Å². The Labute approximate surface area is 211 Å². The van der Waals surface area contributed by atoms with E-state index in [4.69, 9.17) is 9.88 Å². The van der Waals surface area contributed by atoms with Crippen molar-refractivity contribution in [1.29, 1.82) is 0 Å². The van der Waals surface area contributed by atoms with Crippen molar-refractivity contribution in [1.82, 2.24) is 9.80 Å². The molecule has 9 nitrogen and oxygen atoms in total. The van der Waals surface area contributed by atoms with Crippen molar-refractivity contribution < 1.29 is 27.1 Å². The number of benzene rings is 2. The third kappa shape index (κ3) is 6.73. The topological polar surface area (TPSA) is 122 Å². The van der Waals surface area contributed by atoms with Crippen LogP contribution in [0.15, 0.2) is 47.4 Å². The van der Waals surface area contributed by atoms with Crippen LogP contribution >= 0.6 is 0 Å². The molecule has 2 aromatic rings. The molecule has 2 amide bonds. The predicted molar refractivity (Wildman–Crippen MR) is 134 cm³/mol. The van der Waals surface area contributed by atoms with Gasteiger partial charge in [-0.1, -0.05) is 12.1 Å². The number of carbonyl (C=O) groups is 2. The Morgan fingerprint density at radius 2 is 1.78 bits per heavy atom. The van der Waals surface area contributed by atoms with E-state index in [1.165, 1.54) is 30.3 Å². The Morgan fingerprint density at radius 1 is 1.14 bits per heavy atom.